The molecule has 2 atom stereocenters. The highest BCUT2D eigenvalue weighted by Crippen LogP contribution is 2.32. The highest BCUT2D eigenvalue weighted by Gasteiger charge is 2.36. The first-order valence-electron chi connectivity index (χ1n) is 9.94. The van der Waals surface area contributed by atoms with Gasteiger partial charge in [0.15, 0.2) is 5.78 Å². The van der Waals surface area contributed by atoms with E-state index >= 15 is 0 Å². The van der Waals surface area contributed by atoms with Gasteiger partial charge in [-0.05, 0) is 43.3 Å². The normalized spacial score (nSPS) is 21.0. The van der Waals surface area contributed by atoms with E-state index in [0.29, 0.717) is 17.9 Å². The number of unbranched alkanes of at least 4 members (excludes halogenated alkanes) is 6. The average Bonchev–Trinajstić information content (AvgIpc) is 3.27. The van der Waals surface area contributed by atoms with Crippen LogP contribution < -0.4 is 0 Å². The summed E-state index contributed by atoms with van der Waals surface area (Å²) in [6.07, 6.45) is 20.1. The molecule has 1 fully saturated rings. The number of epoxide rings is 1. The standard InChI is InChI=1S/C22H38O2/c1-5-6-7-8-9-10-11-12-13-14-19(23)15-16-20-21(24-20)17-18-22(2,3)4/h12-13,15-16,20-21H,5-11,14,17-18H2,1-4H3/b13-12-,16-15+. The minimum atomic E-state index is 0.170. The largest absolute Gasteiger partial charge is 0.365 e. The van der Waals surface area contributed by atoms with Crippen molar-refractivity contribution in [1.29, 1.82) is 0 Å². The zero-order valence-corrected chi connectivity index (χ0v) is 16.4. The SMILES string of the molecule is CCCCCCCC/C=C\CC(=O)/C=C/C1OC1CCC(C)(C)C. The molecule has 1 aliphatic rings. The zero-order chi connectivity index (χ0) is 17.8. The van der Waals surface area contributed by atoms with Crippen LogP contribution in [0.4, 0.5) is 0 Å². The summed E-state index contributed by atoms with van der Waals surface area (Å²) in [5.74, 6) is 0.180. The summed E-state index contributed by atoms with van der Waals surface area (Å²) < 4.78 is 5.60. The summed E-state index contributed by atoms with van der Waals surface area (Å²) in [5, 5.41) is 0. The molecule has 1 saturated heterocycles. The number of allylic oxidation sites excluding steroid dienone is 3. The van der Waals surface area contributed by atoms with Crippen molar-refractivity contribution in [2.45, 2.75) is 104 Å². The number of rotatable bonds is 13. The monoisotopic (exact) mass is 334 g/mol. The molecule has 0 aromatic carbocycles. The van der Waals surface area contributed by atoms with Crippen molar-refractivity contribution >= 4 is 5.78 Å². The molecule has 1 aliphatic heterocycles. The number of carbonyl (C=O) groups is 1. The number of ketones is 1. The van der Waals surface area contributed by atoms with Crippen molar-refractivity contribution < 1.29 is 9.53 Å². The minimum Gasteiger partial charge on any atom is -0.365 e. The second kappa shape index (κ2) is 11.6. The van der Waals surface area contributed by atoms with E-state index in [4.69, 9.17) is 4.74 Å². The Morgan fingerprint density at radius 2 is 1.75 bits per heavy atom. The third-order valence-electron chi connectivity index (χ3n) is 4.48. The van der Waals surface area contributed by atoms with E-state index in [-0.39, 0.29) is 11.9 Å². The molecule has 0 aliphatic carbocycles. The van der Waals surface area contributed by atoms with Gasteiger partial charge in [-0.3, -0.25) is 4.79 Å². The Balaban J connectivity index is 2.01. The first-order valence-corrected chi connectivity index (χ1v) is 9.94. The molecule has 0 amide bonds. The smallest absolute Gasteiger partial charge is 0.159 e. The van der Waals surface area contributed by atoms with Crippen molar-refractivity contribution in [2.75, 3.05) is 0 Å². The lowest BCUT2D eigenvalue weighted by Gasteiger charge is -2.16. The van der Waals surface area contributed by atoms with Crippen LogP contribution in [0, 0.1) is 5.41 Å². The lowest BCUT2D eigenvalue weighted by Crippen LogP contribution is -2.06. The van der Waals surface area contributed by atoms with Crippen LogP contribution in [0.25, 0.3) is 0 Å². The molecular formula is C22H38O2. The van der Waals surface area contributed by atoms with Gasteiger partial charge in [-0.25, -0.2) is 0 Å². The van der Waals surface area contributed by atoms with Gasteiger partial charge in [0, 0.05) is 6.42 Å². The molecule has 2 nitrogen and oxygen atoms in total. The molecular weight excluding hydrogens is 296 g/mol. The highest BCUT2D eigenvalue weighted by molar-refractivity contribution is 5.90. The van der Waals surface area contributed by atoms with E-state index in [0.717, 1.165) is 19.3 Å². The van der Waals surface area contributed by atoms with Crippen molar-refractivity contribution in [2.24, 2.45) is 5.41 Å². The van der Waals surface area contributed by atoms with E-state index < -0.39 is 0 Å². The van der Waals surface area contributed by atoms with Gasteiger partial charge in [-0.1, -0.05) is 72.0 Å². The van der Waals surface area contributed by atoms with E-state index in [1.165, 1.54) is 38.5 Å². The maximum absolute atomic E-state index is 11.8. The van der Waals surface area contributed by atoms with Crippen molar-refractivity contribution in [3.63, 3.8) is 0 Å². The second-order valence-electron chi connectivity index (χ2n) is 8.30. The molecule has 2 heteroatoms. The molecule has 0 spiro atoms. The van der Waals surface area contributed by atoms with E-state index in [2.05, 4.69) is 33.8 Å². The number of carbonyl (C=O) groups excluding carboxylic acids is 1. The maximum atomic E-state index is 11.8. The van der Waals surface area contributed by atoms with Crippen molar-refractivity contribution in [3.8, 4) is 0 Å². The van der Waals surface area contributed by atoms with Gasteiger partial charge in [-0.2, -0.15) is 0 Å². The van der Waals surface area contributed by atoms with Crippen LogP contribution in [-0.2, 0) is 9.53 Å². The number of hydrogen-bond donors (Lipinski definition) is 0. The predicted molar refractivity (Wildman–Crippen MR) is 103 cm³/mol. The molecule has 138 valence electrons. The van der Waals surface area contributed by atoms with Crippen molar-refractivity contribution in [1.82, 2.24) is 0 Å². The fraction of sp³-hybridized carbons (Fsp3) is 0.773. The first kappa shape index (κ1) is 21.2. The summed E-state index contributed by atoms with van der Waals surface area (Å²) in [4.78, 5) is 11.8. The summed E-state index contributed by atoms with van der Waals surface area (Å²) >= 11 is 0. The summed E-state index contributed by atoms with van der Waals surface area (Å²) in [6.45, 7) is 9.00. The Morgan fingerprint density at radius 1 is 1.04 bits per heavy atom. The Kier molecular flexibility index (Phi) is 10.2. The quantitative estimate of drug-likeness (QED) is 0.169. The molecule has 0 saturated carbocycles. The molecule has 0 N–H and O–H groups in total. The number of ether oxygens (including phenoxy) is 1. The van der Waals surface area contributed by atoms with Crippen LogP contribution in [0.15, 0.2) is 24.3 Å². The fourth-order valence-electron chi connectivity index (χ4n) is 2.76. The first-order chi connectivity index (χ1) is 11.4. The third-order valence-corrected chi connectivity index (χ3v) is 4.48. The van der Waals surface area contributed by atoms with Crippen LogP contribution in [0.5, 0.6) is 0 Å². The molecule has 0 aromatic rings. The van der Waals surface area contributed by atoms with Gasteiger partial charge < -0.3 is 4.74 Å². The molecule has 0 radical (unpaired) electrons. The molecule has 1 heterocycles. The van der Waals surface area contributed by atoms with Crippen LogP contribution in [-0.4, -0.2) is 18.0 Å². The van der Waals surface area contributed by atoms with E-state index in [1.54, 1.807) is 6.08 Å². The van der Waals surface area contributed by atoms with Crippen LogP contribution in [0.1, 0.15) is 91.9 Å². The topological polar surface area (TPSA) is 29.6 Å². The lowest BCUT2D eigenvalue weighted by atomic mass is 9.89. The Labute approximate surface area is 149 Å². The van der Waals surface area contributed by atoms with Gasteiger partial charge in [0.05, 0.1) is 6.10 Å². The molecule has 0 bridgehead atoms. The summed E-state index contributed by atoms with van der Waals surface area (Å²) in [5.41, 5.74) is 0.358. The third kappa shape index (κ3) is 11.6. The van der Waals surface area contributed by atoms with Gasteiger partial charge in [0.25, 0.3) is 0 Å². The van der Waals surface area contributed by atoms with Crippen molar-refractivity contribution in [3.05, 3.63) is 24.3 Å². The predicted octanol–water partition coefficient (Wildman–Crippen LogP) is 6.40. The number of hydrogen-bond acceptors (Lipinski definition) is 2. The summed E-state index contributed by atoms with van der Waals surface area (Å²) in [6, 6.07) is 0. The van der Waals surface area contributed by atoms with E-state index in [9.17, 15) is 4.79 Å². The maximum Gasteiger partial charge on any atom is 0.159 e. The van der Waals surface area contributed by atoms with E-state index in [1.807, 2.05) is 12.2 Å². The van der Waals surface area contributed by atoms with Gasteiger partial charge in [0.1, 0.15) is 6.10 Å². The van der Waals surface area contributed by atoms with Crippen LogP contribution >= 0.6 is 0 Å². The lowest BCUT2D eigenvalue weighted by molar-refractivity contribution is -0.113. The summed E-state index contributed by atoms with van der Waals surface area (Å²) in [7, 11) is 0. The van der Waals surface area contributed by atoms with Gasteiger partial charge >= 0.3 is 0 Å². The van der Waals surface area contributed by atoms with Gasteiger partial charge in [-0.15, -0.1) is 0 Å². The molecule has 2 unspecified atom stereocenters. The van der Waals surface area contributed by atoms with Crippen LogP contribution in [0.2, 0.25) is 0 Å². The highest BCUT2D eigenvalue weighted by atomic mass is 16.6. The minimum absolute atomic E-state index is 0.170. The Morgan fingerprint density at radius 3 is 2.46 bits per heavy atom. The van der Waals surface area contributed by atoms with Crippen LogP contribution in [0.3, 0.4) is 0 Å². The molecule has 1 rings (SSSR count). The molecule has 0 aromatic heterocycles. The zero-order valence-electron chi connectivity index (χ0n) is 16.4. The Bertz CT molecular complexity index is 401. The van der Waals surface area contributed by atoms with Gasteiger partial charge in [0.2, 0.25) is 0 Å². The Hall–Kier alpha value is -0.890. The second-order valence-corrected chi connectivity index (χ2v) is 8.30. The average molecular weight is 335 g/mol. The molecule has 24 heavy (non-hydrogen) atoms. The fourth-order valence-corrected chi connectivity index (χ4v) is 2.76.